The number of ether oxygens (including phenoxy) is 5. The van der Waals surface area contributed by atoms with Crippen LogP contribution in [0.15, 0.2) is 48.6 Å². The summed E-state index contributed by atoms with van der Waals surface area (Å²) in [6.45, 7) is 5.08. The van der Waals surface area contributed by atoms with Crippen LogP contribution in [0.5, 0.6) is 0 Å². The molecule has 4 aliphatic rings. The van der Waals surface area contributed by atoms with Gasteiger partial charge in [0, 0.05) is 12.5 Å². The van der Waals surface area contributed by atoms with E-state index in [-0.39, 0.29) is 30.8 Å². The van der Waals surface area contributed by atoms with Gasteiger partial charge in [-0.2, -0.15) is 0 Å². The van der Waals surface area contributed by atoms with Crippen LogP contribution >= 0.6 is 0 Å². The van der Waals surface area contributed by atoms with Gasteiger partial charge >= 0.3 is 5.97 Å². The molecule has 2 fully saturated rings. The number of esters is 1. The largest absolute Gasteiger partial charge is 0.456 e. The third-order valence-electron chi connectivity index (χ3n) is 6.33. The van der Waals surface area contributed by atoms with E-state index in [1.54, 1.807) is 12.2 Å². The second kappa shape index (κ2) is 12.2. The Morgan fingerprint density at radius 3 is 2.76 bits per heavy atom. The molecule has 8 nitrogen and oxygen atoms in total. The van der Waals surface area contributed by atoms with Crippen molar-refractivity contribution in [3.63, 3.8) is 0 Å². The van der Waals surface area contributed by atoms with Crippen molar-refractivity contribution in [1.29, 1.82) is 0 Å². The Bertz CT molecular complexity index is 784. The lowest BCUT2D eigenvalue weighted by atomic mass is 9.97. The Kier molecular flexibility index (Phi) is 9.10. The second-order valence-corrected chi connectivity index (χ2v) is 9.18. The fourth-order valence-corrected chi connectivity index (χ4v) is 4.46. The summed E-state index contributed by atoms with van der Waals surface area (Å²) in [6, 6.07) is 0. The van der Waals surface area contributed by atoms with Gasteiger partial charge in [0.1, 0.15) is 18.3 Å². The molecule has 2 bridgehead atoms. The van der Waals surface area contributed by atoms with Crippen molar-refractivity contribution in [2.75, 3.05) is 13.2 Å². The van der Waals surface area contributed by atoms with Crippen LogP contribution in [0.4, 0.5) is 0 Å². The molecule has 4 aliphatic heterocycles. The van der Waals surface area contributed by atoms with Crippen molar-refractivity contribution in [1.82, 2.24) is 0 Å². The Morgan fingerprint density at radius 1 is 1.12 bits per heavy atom. The van der Waals surface area contributed by atoms with Crippen LogP contribution in [0.2, 0.25) is 0 Å². The molecule has 1 unspecified atom stereocenters. The highest BCUT2D eigenvalue weighted by Crippen LogP contribution is 2.34. The van der Waals surface area contributed by atoms with Crippen molar-refractivity contribution >= 4 is 5.97 Å². The molecule has 4 rings (SSSR count). The summed E-state index contributed by atoms with van der Waals surface area (Å²) in [4.78, 5) is 12.5. The second-order valence-electron chi connectivity index (χ2n) is 9.18. The highest BCUT2D eigenvalue weighted by molar-refractivity contribution is 5.82. The zero-order valence-electron chi connectivity index (χ0n) is 19.4. The number of carbonyl (C=O) groups excluding carboxylic acids is 1. The van der Waals surface area contributed by atoms with Gasteiger partial charge in [0.25, 0.3) is 0 Å². The fourth-order valence-electron chi connectivity index (χ4n) is 4.46. The molecule has 7 atom stereocenters. The summed E-state index contributed by atoms with van der Waals surface area (Å²) in [5, 5.41) is 21.3. The molecule has 0 spiro atoms. The van der Waals surface area contributed by atoms with Gasteiger partial charge in [-0.3, -0.25) is 0 Å². The number of aliphatic hydroxyl groups is 2. The minimum Gasteiger partial charge on any atom is -0.456 e. The van der Waals surface area contributed by atoms with E-state index in [2.05, 4.69) is 19.1 Å². The minimum absolute atomic E-state index is 0.0854. The van der Waals surface area contributed by atoms with Crippen LogP contribution in [0.25, 0.3) is 0 Å². The minimum atomic E-state index is -1.08. The first-order valence-corrected chi connectivity index (χ1v) is 12.1. The first kappa shape index (κ1) is 25.3. The molecule has 0 aliphatic carbocycles. The van der Waals surface area contributed by atoms with Crippen LogP contribution in [-0.4, -0.2) is 78.4 Å². The van der Waals surface area contributed by atoms with Gasteiger partial charge in [-0.15, -0.1) is 0 Å². The van der Waals surface area contributed by atoms with Crippen LogP contribution in [0.1, 0.15) is 38.5 Å². The zero-order valence-corrected chi connectivity index (χ0v) is 19.4. The maximum absolute atomic E-state index is 12.5. The first-order chi connectivity index (χ1) is 16.5. The Hall–Kier alpha value is -1.81. The molecule has 2 N–H and O–H groups in total. The molecule has 4 heterocycles. The van der Waals surface area contributed by atoms with E-state index in [1.165, 1.54) is 12.2 Å². The molecule has 8 heteroatoms. The Morgan fingerprint density at radius 2 is 1.94 bits per heavy atom. The van der Waals surface area contributed by atoms with Crippen molar-refractivity contribution in [3.8, 4) is 0 Å². The summed E-state index contributed by atoms with van der Waals surface area (Å²) in [6.07, 6.45) is 12.2. The Labute approximate surface area is 200 Å². The van der Waals surface area contributed by atoms with E-state index in [0.29, 0.717) is 32.5 Å². The average Bonchev–Trinajstić information content (AvgIpc) is 3.38. The van der Waals surface area contributed by atoms with E-state index >= 15 is 0 Å². The van der Waals surface area contributed by atoms with Gasteiger partial charge in [-0.05, 0) is 44.6 Å². The zero-order chi connectivity index (χ0) is 23.9. The van der Waals surface area contributed by atoms with E-state index in [4.69, 9.17) is 23.7 Å². The maximum atomic E-state index is 12.5. The number of fused-ring (bicyclic) bond motifs is 3. The topological polar surface area (TPSA) is 107 Å². The quantitative estimate of drug-likeness (QED) is 0.364. The van der Waals surface area contributed by atoms with Gasteiger partial charge < -0.3 is 33.9 Å². The highest BCUT2D eigenvalue weighted by Gasteiger charge is 2.46. The molecule has 0 aromatic heterocycles. The predicted molar refractivity (Wildman–Crippen MR) is 123 cm³/mol. The van der Waals surface area contributed by atoms with Crippen LogP contribution < -0.4 is 0 Å². The SMILES string of the molecule is C=C1C[CH]C[C@@H]2CC=C[C@@H](C/C=C\C(=O)OC([C@@H](O)/C=C/C3OCCO3)C[C@@H]3O[C@H]3[C@@H](O)C1)O2. The van der Waals surface area contributed by atoms with E-state index in [0.717, 1.165) is 18.4 Å². The van der Waals surface area contributed by atoms with Gasteiger partial charge in [0.2, 0.25) is 0 Å². The summed E-state index contributed by atoms with van der Waals surface area (Å²) < 4.78 is 28.0. The summed E-state index contributed by atoms with van der Waals surface area (Å²) in [5.41, 5.74) is 0.927. The monoisotopic (exact) mass is 475 g/mol. The number of aliphatic hydroxyl groups excluding tert-OH is 2. The first-order valence-electron chi connectivity index (χ1n) is 12.1. The van der Waals surface area contributed by atoms with Gasteiger partial charge in [0.15, 0.2) is 6.29 Å². The average molecular weight is 476 g/mol. The van der Waals surface area contributed by atoms with E-state index in [9.17, 15) is 15.0 Å². The summed E-state index contributed by atoms with van der Waals surface area (Å²) in [7, 11) is 0. The van der Waals surface area contributed by atoms with Crippen molar-refractivity contribution in [2.24, 2.45) is 0 Å². The van der Waals surface area contributed by atoms with Gasteiger partial charge in [0.05, 0.1) is 37.6 Å². The van der Waals surface area contributed by atoms with Crippen molar-refractivity contribution < 1.29 is 38.7 Å². The number of carbonyl (C=O) groups is 1. The normalized spacial score (nSPS) is 38.1. The lowest BCUT2D eigenvalue weighted by Crippen LogP contribution is -2.32. The molecular formula is C26H35O8. The molecule has 1 radical (unpaired) electrons. The number of hydrogen-bond acceptors (Lipinski definition) is 8. The molecule has 0 aromatic carbocycles. The molecule has 0 saturated carbocycles. The van der Waals surface area contributed by atoms with Gasteiger partial charge in [-0.1, -0.05) is 36.5 Å². The fraction of sp³-hybridized carbons (Fsp3) is 0.615. The predicted octanol–water partition coefficient (Wildman–Crippen LogP) is 2.31. The lowest BCUT2D eigenvalue weighted by molar-refractivity contribution is -0.148. The molecule has 187 valence electrons. The van der Waals surface area contributed by atoms with Crippen molar-refractivity contribution in [3.05, 3.63) is 55.0 Å². The highest BCUT2D eigenvalue weighted by atomic mass is 16.7. The van der Waals surface area contributed by atoms with E-state index in [1.807, 2.05) is 6.08 Å². The van der Waals surface area contributed by atoms with Crippen LogP contribution in [0.3, 0.4) is 0 Å². The number of rotatable bonds is 3. The lowest BCUT2D eigenvalue weighted by Gasteiger charge is -2.25. The number of cyclic esters (lactones) is 1. The molecule has 2 saturated heterocycles. The third kappa shape index (κ3) is 7.60. The van der Waals surface area contributed by atoms with Gasteiger partial charge in [-0.25, -0.2) is 4.79 Å². The van der Waals surface area contributed by atoms with E-state index < -0.39 is 30.6 Å². The number of epoxide rings is 1. The standard InChI is InChI=1S/C26H35O8/c1-17-5-2-6-18-7-3-8-19(32-18)9-4-10-24(29)33-22(16-23-26(34-23)21(28)15-17)20(27)11-12-25-30-13-14-31-25/h2-4,8,10-12,18-23,25-28H,1,5-7,9,13-16H2/b10-4-,12-11+/t18-,19+,20+,21+,22?,23+,26+/m1/s1. The Balaban J connectivity index is 1.42. The van der Waals surface area contributed by atoms with Crippen molar-refractivity contribution in [2.45, 2.75) is 87.5 Å². The molecule has 34 heavy (non-hydrogen) atoms. The molecule has 0 amide bonds. The third-order valence-corrected chi connectivity index (χ3v) is 6.33. The smallest absolute Gasteiger partial charge is 0.330 e. The molecular weight excluding hydrogens is 440 g/mol. The summed E-state index contributed by atoms with van der Waals surface area (Å²) in [5.74, 6) is -0.553. The molecule has 0 aromatic rings. The maximum Gasteiger partial charge on any atom is 0.330 e. The number of hydrogen-bond donors (Lipinski definition) is 2. The van der Waals surface area contributed by atoms with Crippen LogP contribution in [-0.2, 0) is 28.5 Å². The van der Waals surface area contributed by atoms with Crippen LogP contribution in [0, 0.1) is 6.42 Å². The summed E-state index contributed by atoms with van der Waals surface area (Å²) >= 11 is 0.